The topological polar surface area (TPSA) is 27.8 Å². The number of nitrogens with one attached hydrogen (secondary N) is 2. The smallest absolute Gasteiger partial charge is 0.0734 e. The summed E-state index contributed by atoms with van der Waals surface area (Å²) in [5.41, 5.74) is 10.9. The first-order chi connectivity index (χ1) is 11.0. The molecule has 0 saturated carbocycles. The first kappa shape index (κ1) is 14.5. The third-order valence-electron chi connectivity index (χ3n) is 5.12. The van der Waals surface area contributed by atoms with Gasteiger partial charge in [0.1, 0.15) is 0 Å². The summed E-state index contributed by atoms with van der Waals surface area (Å²) in [6.45, 7) is 9.82. The molecule has 1 atom stereocenters. The molecule has 2 N–H and O–H groups in total. The number of benzene rings is 2. The van der Waals surface area contributed by atoms with Crippen molar-refractivity contribution < 1.29 is 0 Å². The highest BCUT2D eigenvalue weighted by Gasteiger charge is 2.26. The van der Waals surface area contributed by atoms with Crippen LogP contribution >= 0.6 is 0 Å². The van der Waals surface area contributed by atoms with E-state index >= 15 is 0 Å². The quantitative estimate of drug-likeness (QED) is 0.673. The van der Waals surface area contributed by atoms with Gasteiger partial charge >= 0.3 is 0 Å². The van der Waals surface area contributed by atoms with Gasteiger partial charge in [-0.05, 0) is 68.0 Å². The van der Waals surface area contributed by atoms with Gasteiger partial charge in [-0.3, -0.25) is 0 Å². The third-order valence-corrected chi connectivity index (χ3v) is 5.12. The molecule has 2 aromatic carbocycles. The van der Waals surface area contributed by atoms with E-state index in [9.17, 15) is 0 Å². The lowest BCUT2D eigenvalue weighted by Crippen LogP contribution is -2.31. The lowest BCUT2D eigenvalue weighted by atomic mass is 9.90. The Morgan fingerprint density at radius 2 is 1.70 bits per heavy atom. The zero-order valence-corrected chi connectivity index (χ0v) is 14.4. The van der Waals surface area contributed by atoms with Crippen molar-refractivity contribution in [1.29, 1.82) is 0 Å². The fraction of sp³-hybridized carbons (Fsp3) is 0.333. The van der Waals surface area contributed by atoms with Crippen molar-refractivity contribution >= 4 is 10.9 Å². The standard InChI is InChI=1S/C21H24N2/c1-12-5-6-16(14(3)9-12)20-21-17(7-8-22-20)19-15(4)10-13(2)11-18(19)23-21/h5-6,9-11,20,22-23H,7-8H2,1-4H3. The normalized spacial score (nSPS) is 17.5. The van der Waals surface area contributed by atoms with Crippen LogP contribution < -0.4 is 5.32 Å². The molecule has 0 amide bonds. The van der Waals surface area contributed by atoms with E-state index in [0.717, 1.165) is 13.0 Å². The van der Waals surface area contributed by atoms with Crippen molar-refractivity contribution in [3.63, 3.8) is 0 Å². The molecule has 1 unspecified atom stereocenters. The minimum atomic E-state index is 0.270. The van der Waals surface area contributed by atoms with Crippen LogP contribution in [0.2, 0.25) is 0 Å². The molecule has 0 saturated heterocycles. The van der Waals surface area contributed by atoms with E-state index in [0.29, 0.717) is 0 Å². The molecule has 0 aliphatic carbocycles. The van der Waals surface area contributed by atoms with Crippen molar-refractivity contribution in [2.45, 2.75) is 40.2 Å². The van der Waals surface area contributed by atoms with Crippen LogP contribution in [-0.4, -0.2) is 11.5 Å². The Bertz CT molecular complexity index is 902. The van der Waals surface area contributed by atoms with Gasteiger partial charge in [0.25, 0.3) is 0 Å². The summed E-state index contributed by atoms with van der Waals surface area (Å²) in [7, 11) is 0. The summed E-state index contributed by atoms with van der Waals surface area (Å²) in [4.78, 5) is 3.73. The number of aryl methyl sites for hydroxylation is 4. The molecule has 0 spiro atoms. The van der Waals surface area contributed by atoms with Crippen LogP contribution in [0.25, 0.3) is 10.9 Å². The van der Waals surface area contributed by atoms with E-state index < -0.39 is 0 Å². The van der Waals surface area contributed by atoms with Gasteiger partial charge in [0, 0.05) is 23.1 Å². The number of H-pyrrole nitrogens is 1. The van der Waals surface area contributed by atoms with Crippen LogP contribution in [0.5, 0.6) is 0 Å². The summed E-state index contributed by atoms with van der Waals surface area (Å²) in [5.74, 6) is 0. The van der Waals surface area contributed by atoms with E-state index in [-0.39, 0.29) is 6.04 Å². The third kappa shape index (κ3) is 2.29. The highest BCUT2D eigenvalue weighted by atomic mass is 15.0. The second-order valence-corrected chi connectivity index (χ2v) is 7.02. The summed E-state index contributed by atoms with van der Waals surface area (Å²) in [6.07, 6.45) is 1.10. The van der Waals surface area contributed by atoms with Gasteiger partial charge in [-0.25, -0.2) is 0 Å². The molecule has 4 rings (SSSR count). The van der Waals surface area contributed by atoms with E-state index in [2.05, 4.69) is 68.3 Å². The fourth-order valence-corrected chi connectivity index (χ4v) is 4.19. The molecule has 23 heavy (non-hydrogen) atoms. The largest absolute Gasteiger partial charge is 0.357 e. The van der Waals surface area contributed by atoms with Crippen molar-refractivity contribution in [3.05, 3.63) is 69.4 Å². The highest BCUT2D eigenvalue weighted by Crippen LogP contribution is 2.36. The second kappa shape index (κ2) is 5.24. The minimum Gasteiger partial charge on any atom is -0.357 e. The number of rotatable bonds is 1. The molecule has 2 nitrogen and oxygen atoms in total. The molecule has 1 aliphatic rings. The van der Waals surface area contributed by atoms with E-state index in [1.54, 1.807) is 0 Å². The fourth-order valence-electron chi connectivity index (χ4n) is 4.19. The Morgan fingerprint density at radius 1 is 0.913 bits per heavy atom. The minimum absolute atomic E-state index is 0.270. The van der Waals surface area contributed by atoms with Crippen LogP contribution in [-0.2, 0) is 6.42 Å². The first-order valence-corrected chi connectivity index (χ1v) is 8.47. The average Bonchev–Trinajstić information content (AvgIpc) is 2.85. The Balaban J connectivity index is 1.93. The maximum Gasteiger partial charge on any atom is 0.0734 e. The summed E-state index contributed by atoms with van der Waals surface area (Å²) >= 11 is 0. The number of fused-ring (bicyclic) bond motifs is 3. The molecule has 0 radical (unpaired) electrons. The van der Waals surface area contributed by atoms with Crippen molar-refractivity contribution in [2.24, 2.45) is 0 Å². The Morgan fingerprint density at radius 3 is 2.48 bits per heavy atom. The maximum atomic E-state index is 3.73. The van der Waals surface area contributed by atoms with Crippen LogP contribution in [0.1, 0.15) is 45.1 Å². The molecule has 2 heterocycles. The lowest BCUT2D eigenvalue weighted by molar-refractivity contribution is 0.558. The summed E-state index contributed by atoms with van der Waals surface area (Å²) in [5, 5.41) is 5.15. The average molecular weight is 304 g/mol. The molecule has 3 aromatic rings. The van der Waals surface area contributed by atoms with Gasteiger partial charge in [0.15, 0.2) is 0 Å². The summed E-state index contributed by atoms with van der Waals surface area (Å²) < 4.78 is 0. The number of aromatic nitrogens is 1. The van der Waals surface area contributed by atoms with Crippen molar-refractivity contribution in [1.82, 2.24) is 10.3 Å². The van der Waals surface area contributed by atoms with Gasteiger partial charge in [-0.1, -0.05) is 29.8 Å². The number of hydrogen-bond donors (Lipinski definition) is 2. The number of aromatic amines is 1. The van der Waals surface area contributed by atoms with Crippen molar-refractivity contribution in [3.8, 4) is 0 Å². The zero-order valence-electron chi connectivity index (χ0n) is 14.4. The molecule has 118 valence electrons. The highest BCUT2D eigenvalue weighted by molar-refractivity contribution is 5.89. The zero-order chi connectivity index (χ0) is 16.1. The van der Waals surface area contributed by atoms with Crippen LogP contribution in [0, 0.1) is 27.7 Å². The van der Waals surface area contributed by atoms with Crippen LogP contribution in [0.4, 0.5) is 0 Å². The van der Waals surface area contributed by atoms with E-state index in [4.69, 9.17) is 0 Å². The second-order valence-electron chi connectivity index (χ2n) is 7.02. The molecule has 0 bridgehead atoms. The Hall–Kier alpha value is -2.06. The van der Waals surface area contributed by atoms with E-state index in [1.165, 1.54) is 50.0 Å². The predicted molar refractivity (Wildman–Crippen MR) is 97.2 cm³/mol. The molecular weight excluding hydrogens is 280 g/mol. The predicted octanol–water partition coefficient (Wildman–Crippen LogP) is 4.64. The van der Waals surface area contributed by atoms with Gasteiger partial charge in [0.05, 0.1) is 6.04 Å². The first-order valence-electron chi connectivity index (χ1n) is 8.47. The molecule has 2 heteroatoms. The van der Waals surface area contributed by atoms with Gasteiger partial charge < -0.3 is 10.3 Å². The summed E-state index contributed by atoms with van der Waals surface area (Å²) in [6, 6.07) is 11.6. The molecule has 1 aliphatic heterocycles. The molecular formula is C21H24N2. The van der Waals surface area contributed by atoms with Crippen LogP contribution in [0.15, 0.2) is 30.3 Å². The van der Waals surface area contributed by atoms with Gasteiger partial charge in [0.2, 0.25) is 0 Å². The Labute approximate surface area is 137 Å². The molecule has 0 fully saturated rings. The van der Waals surface area contributed by atoms with Crippen molar-refractivity contribution in [2.75, 3.05) is 6.54 Å². The van der Waals surface area contributed by atoms with Gasteiger partial charge in [-0.15, -0.1) is 0 Å². The SMILES string of the molecule is Cc1ccc(C2NCCc3c2[nH]c2cc(C)cc(C)c32)c(C)c1. The van der Waals surface area contributed by atoms with Gasteiger partial charge in [-0.2, -0.15) is 0 Å². The Kier molecular flexibility index (Phi) is 3.31. The lowest BCUT2D eigenvalue weighted by Gasteiger charge is -2.26. The maximum absolute atomic E-state index is 3.73. The van der Waals surface area contributed by atoms with E-state index in [1.807, 2.05) is 0 Å². The van der Waals surface area contributed by atoms with Crippen LogP contribution in [0.3, 0.4) is 0 Å². The molecule has 1 aromatic heterocycles. The number of hydrogen-bond acceptors (Lipinski definition) is 1. The monoisotopic (exact) mass is 304 g/mol.